The molecule has 4 nitrogen and oxygen atoms in total. The van der Waals surface area contributed by atoms with Crippen LogP contribution in [-0.2, 0) is 11.3 Å². The minimum absolute atomic E-state index is 0.0436. The van der Waals surface area contributed by atoms with Crippen molar-refractivity contribution in [2.45, 2.75) is 45.4 Å². The van der Waals surface area contributed by atoms with E-state index < -0.39 is 0 Å². The minimum atomic E-state index is -0.282. The maximum absolute atomic E-state index is 12.9. The summed E-state index contributed by atoms with van der Waals surface area (Å²) in [5.41, 5.74) is 2.30. The van der Waals surface area contributed by atoms with Gasteiger partial charge < -0.3 is 5.32 Å². The van der Waals surface area contributed by atoms with E-state index in [1.807, 2.05) is 55.4 Å². The number of benzene rings is 2. The number of nitrogens with zero attached hydrogens (tertiary/aromatic N) is 2. The van der Waals surface area contributed by atoms with Crippen molar-refractivity contribution >= 4 is 5.91 Å². The number of nitrogens with one attached hydrogen (secondary N) is 1. The second-order valence-electron chi connectivity index (χ2n) is 7.70. The van der Waals surface area contributed by atoms with E-state index in [-0.39, 0.29) is 18.0 Å². The Labute approximate surface area is 164 Å². The van der Waals surface area contributed by atoms with Gasteiger partial charge in [-0.3, -0.25) is 14.6 Å². The van der Waals surface area contributed by atoms with Crippen molar-refractivity contribution in [3.63, 3.8) is 0 Å². The molecule has 2 aromatic carbocycles. The van der Waals surface area contributed by atoms with Gasteiger partial charge >= 0.3 is 0 Å². The van der Waals surface area contributed by atoms with Gasteiger partial charge in [-0.05, 0) is 46.0 Å². The molecule has 0 saturated carbocycles. The fraction of sp³-hybridized carbons (Fsp3) is 0.435. The molecule has 0 aliphatic carbocycles. The highest BCUT2D eigenvalue weighted by atomic mass is 16.2. The topological polar surface area (TPSA) is 35.6 Å². The molecule has 1 amide bonds. The van der Waals surface area contributed by atoms with Gasteiger partial charge in [0.1, 0.15) is 6.04 Å². The monoisotopic (exact) mass is 367 g/mol. The number of likely N-dealkylation sites (N-methyl/N-ethyl adjacent to an activating group) is 1. The van der Waals surface area contributed by atoms with Gasteiger partial charge in [-0.1, -0.05) is 60.7 Å². The van der Waals surface area contributed by atoms with Crippen LogP contribution >= 0.6 is 0 Å². The van der Waals surface area contributed by atoms with Crippen LogP contribution in [0.3, 0.4) is 0 Å². The van der Waals surface area contributed by atoms with Crippen LogP contribution in [0.4, 0.5) is 0 Å². The van der Waals surface area contributed by atoms with E-state index in [9.17, 15) is 4.79 Å². The summed E-state index contributed by atoms with van der Waals surface area (Å²) in [6.45, 7) is 8.17. The SMILES string of the molecule is CC(CN(Cc1ccccc1)C(C)C)NC(=O)C(c1ccccc1)N(C)C. The number of amides is 1. The lowest BCUT2D eigenvalue weighted by atomic mass is 10.0. The average Bonchev–Trinajstić information content (AvgIpc) is 2.62. The Balaban J connectivity index is 2.01. The predicted octanol–water partition coefficient (Wildman–Crippen LogP) is 3.70. The second kappa shape index (κ2) is 10.2. The van der Waals surface area contributed by atoms with Crippen LogP contribution in [0.1, 0.15) is 37.9 Å². The fourth-order valence-corrected chi connectivity index (χ4v) is 3.31. The molecule has 0 spiro atoms. The Morgan fingerprint density at radius 3 is 2.00 bits per heavy atom. The molecule has 2 rings (SSSR count). The molecule has 0 bridgehead atoms. The van der Waals surface area contributed by atoms with Crippen LogP contribution in [-0.4, -0.2) is 48.4 Å². The van der Waals surface area contributed by atoms with Crippen molar-refractivity contribution in [1.29, 1.82) is 0 Å². The first-order chi connectivity index (χ1) is 12.9. The second-order valence-corrected chi connectivity index (χ2v) is 7.70. The van der Waals surface area contributed by atoms with Crippen LogP contribution < -0.4 is 5.32 Å². The molecule has 146 valence electrons. The molecule has 1 N–H and O–H groups in total. The van der Waals surface area contributed by atoms with E-state index in [0.29, 0.717) is 6.04 Å². The van der Waals surface area contributed by atoms with Gasteiger partial charge in [0, 0.05) is 25.2 Å². The van der Waals surface area contributed by atoms with Crippen LogP contribution in [0.25, 0.3) is 0 Å². The Bertz CT molecular complexity index is 685. The first-order valence-corrected chi connectivity index (χ1v) is 9.68. The van der Waals surface area contributed by atoms with Crippen molar-refractivity contribution in [3.05, 3.63) is 71.8 Å². The summed E-state index contributed by atoms with van der Waals surface area (Å²) >= 11 is 0. The lowest BCUT2D eigenvalue weighted by Gasteiger charge is -2.31. The highest BCUT2D eigenvalue weighted by molar-refractivity contribution is 5.83. The van der Waals surface area contributed by atoms with Crippen molar-refractivity contribution in [1.82, 2.24) is 15.1 Å². The van der Waals surface area contributed by atoms with Crippen molar-refractivity contribution in [2.24, 2.45) is 0 Å². The molecular weight excluding hydrogens is 334 g/mol. The Morgan fingerprint density at radius 1 is 0.926 bits per heavy atom. The van der Waals surface area contributed by atoms with Crippen molar-refractivity contribution < 1.29 is 4.79 Å². The molecule has 0 radical (unpaired) electrons. The summed E-state index contributed by atoms with van der Waals surface area (Å²) in [5.74, 6) is 0.0436. The van der Waals surface area contributed by atoms with Crippen LogP contribution in [0.5, 0.6) is 0 Å². The summed E-state index contributed by atoms with van der Waals surface area (Å²) in [6, 6.07) is 20.6. The summed E-state index contributed by atoms with van der Waals surface area (Å²) in [7, 11) is 3.88. The van der Waals surface area contributed by atoms with Crippen molar-refractivity contribution in [2.75, 3.05) is 20.6 Å². The average molecular weight is 368 g/mol. The largest absolute Gasteiger partial charge is 0.351 e. The zero-order valence-corrected chi connectivity index (χ0v) is 17.2. The van der Waals surface area contributed by atoms with Gasteiger partial charge in [0.2, 0.25) is 5.91 Å². The van der Waals surface area contributed by atoms with Gasteiger partial charge in [-0.25, -0.2) is 0 Å². The van der Waals surface area contributed by atoms with E-state index in [1.54, 1.807) is 0 Å². The van der Waals surface area contributed by atoms with Gasteiger partial charge in [0.25, 0.3) is 0 Å². The van der Waals surface area contributed by atoms with Gasteiger partial charge in [-0.15, -0.1) is 0 Å². The van der Waals surface area contributed by atoms with Crippen LogP contribution in [0.2, 0.25) is 0 Å². The van der Waals surface area contributed by atoms with E-state index in [4.69, 9.17) is 0 Å². The molecule has 0 fully saturated rings. The normalized spacial score (nSPS) is 13.8. The highest BCUT2D eigenvalue weighted by Crippen LogP contribution is 2.18. The third-order valence-electron chi connectivity index (χ3n) is 4.74. The Morgan fingerprint density at radius 2 is 1.48 bits per heavy atom. The zero-order valence-electron chi connectivity index (χ0n) is 17.2. The summed E-state index contributed by atoms with van der Waals surface area (Å²) in [6.07, 6.45) is 0. The molecule has 4 heteroatoms. The van der Waals surface area contributed by atoms with Gasteiger partial charge in [0.15, 0.2) is 0 Å². The third kappa shape index (κ3) is 6.49. The molecule has 0 aromatic heterocycles. The molecule has 2 aromatic rings. The highest BCUT2D eigenvalue weighted by Gasteiger charge is 2.24. The first kappa shape index (κ1) is 21.1. The maximum Gasteiger partial charge on any atom is 0.242 e. The van der Waals surface area contributed by atoms with Crippen LogP contribution in [0, 0.1) is 0 Å². The van der Waals surface area contributed by atoms with Gasteiger partial charge in [-0.2, -0.15) is 0 Å². The zero-order chi connectivity index (χ0) is 19.8. The summed E-state index contributed by atoms with van der Waals surface area (Å²) in [4.78, 5) is 17.3. The lowest BCUT2D eigenvalue weighted by Crippen LogP contribution is -2.47. The third-order valence-corrected chi connectivity index (χ3v) is 4.74. The molecule has 2 atom stereocenters. The summed E-state index contributed by atoms with van der Waals surface area (Å²) in [5, 5.41) is 3.21. The maximum atomic E-state index is 12.9. The van der Waals surface area contributed by atoms with E-state index in [2.05, 4.69) is 55.3 Å². The molecule has 0 heterocycles. The molecule has 27 heavy (non-hydrogen) atoms. The molecule has 0 saturated heterocycles. The van der Waals surface area contributed by atoms with Gasteiger partial charge in [0.05, 0.1) is 0 Å². The van der Waals surface area contributed by atoms with Crippen molar-refractivity contribution in [3.8, 4) is 0 Å². The smallest absolute Gasteiger partial charge is 0.242 e. The quantitative estimate of drug-likeness (QED) is 0.734. The Hall–Kier alpha value is -2.17. The first-order valence-electron chi connectivity index (χ1n) is 9.68. The van der Waals surface area contributed by atoms with E-state index >= 15 is 0 Å². The number of carbonyl (C=O) groups is 1. The predicted molar refractivity (Wildman–Crippen MR) is 112 cm³/mol. The fourth-order valence-electron chi connectivity index (χ4n) is 3.31. The Kier molecular flexibility index (Phi) is 8.01. The number of carbonyl (C=O) groups excluding carboxylic acids is 1. The number of hydrogen-bond acceptors (Lipinski definition) is 3. The van der Waals surface area contributed by atoms with E-state index in [1.165, 1.54) is 5.56 Å². The molecule has 2 unspecified atom stereocenters. The number of rotatable bonds is 9. The molecule has 0 aliphatic rings. The molecule has 0 aliphatic heterocycles. The molecular formula is C23H33N3O. The standard InChI is InChI=1S/C23H33N3O/c1-18(2)26(17-20-12-8-6-9-13-20)16-19(3)24-23(27)22(25(4)5)21-14-10-7-11-15-21/h6-15,18-19,22H,16-17H2,1-5H3,(H,24,27). The van der Waals surface area contributed by atoms with Crippen LogP contribution in [0.15, 0.2) is 60.7 Å². The number of hydrogen-bond donors (Lipinski definition) is 1. The summed E-state index contributed by atoms with van der Waals surface area (Å²) < 4.78 is 0. The van der Waals surface area contributed by atoms with E-state index in [0.717, 1.165) is 18.7 Å². The lowest BCUT2D eigenvalue weighted by molar-refractivity contribution is -0.126. The minimum Gasteiger partial charge on any atom is -0.351 e.